The van der Waals surface area contributed by atoms with Gasteiger partial charge < -0.3 is 25.8 Å². The van der Waals surface area contributed by atoms with Crippen LogP contribution in [0.25, 0.3) is 0 Å². The molecule has 0 bridgehead atoms. The smallest absolute Gasteiger partial charge is 0.270 e. The zero-order valence-corrected chi connectivity index (χ0v) is 21.2. The molecule has 1 saturated heterocycles. The number of aromatic nitrogens is 1. The Labute approximate surface area is 213 Å². The number of nitrogens with one attached hydrogen (secondary N) is 1. The highest BCUT2D eigenvalue weighted by molar-refractivity contribution is 6.12. The Morgan fingerprint density at radius 1 is 1.31 bits per heavy atom. The third-order valence-electron chi connectivity index (χ3n) is 6.83. The molecule has 0 spiro atoms. The number of aliphatic imine (C=N–C) groups is 1. The standard InChI is InChI=1S/C26H35N9O/c1-19(30-24-9-8-22(18-29-24)34-14-12-33(11-10-27)13-15-34)31-25-20(17-28)16-23(26(36)32(2)3)35(25)21-6-4-5-7-21/h8-9,16-18,21H,1,4-7,11-15,28H2,2-3H3,(H,29,30)/b20-17-,31-25+. The van der Waals surface area contributed by atoms with Crippen molar-refractivity contribution < 1.29 is 4.79 Å². The number of hydrogen-bond donors (Lipinski definition) is 2. The van der Waals surface area contributed by atoms with Gasteiger partial charge >= 0.3 is 0 Å². The summed E-state index contributed by atoms with van der Waals surface area (Å²) in [7, 11) is 3.50. The van der Waals surface area contributed by atoms with Crippen molar-refractivity contribution in [2.24, 2.45) is 10.7 Å². The molecule has 1 amide bonds. The molecule has 1 aliphatic carbocycles. The van der Waals surface area contributed by atoms with Crippen LogP contribution >= 0.6 is 0 Å². The number of nitriles is 1. The first-order valence-corrected chi connectivity index (χ1v) is 12.4. The highest BCUT2D eigenvalue weighted by Gasteiger charge is 2.37. The number of pyridine rings is 1. The normalized spacial score (nSPS) is 21.1. The monoisotopic (exact) mass is 489 g/mol. The molecular formula is C26H35N9O. The van der Waals surface area contributed by atoms with E-state index in [1.807, 2.05) is 29.3 Å². The number of carbonyl (C=O) groups is 1. The molecule has 10 heteroatoms. The molecule has 1 aromatic rings. The third kappa shape index (κ3) is 5.52. The Balaban J connectivity index is 1.46. The predicted octanol–water partition coefficient (Wildman–Crippen LogP) is 2.08. The Hall–Kier alpha value is -3.84. The lowest BCUT2D eigenvalue weighted by atomic mass is 10.2. The minimum absolute atomic E-state index is 0.0734. The fourth-order valence-corrected chi connectivity index (χ4v) is 4.92. The summed E-state index contributed by atoms with van der Waals surface area (Å²) in [6, 6.07) is 6.35. The van der Waals surface area contributed by atoms with Gasteiger partial charge in [0.25, 0.3) is 5.91 Å². The second-order valence-electron chi connectivity index (χ2n) is 9.49. The van der Waals surface area contributed by atoms with Gasteiger partial charge in [0.05, 0.1) is 24.5 Å². The van der Waals surface area contributed by atoms with Crippen molar-refractivity contribution in [2.45, 2.75) is 31.7 Å². The number of nitrogens with two attached hydrogens (primary N) is 1. The number of nitrogens with zero attached hydrogens (tertiary/aromatic N) is 7. The maximum absolute atomic E-state index is 12.9. The Bertz CT molecular complexity index is 1100. The first-order valence-electron chi connectivity index (χ1n) is 12.4. The van der Waals surface area contributed by atoms with Gasteiger partial charge in [-0.3, -0.25) is 9.69 Å². The van der Waals surface area contributed by atoms with Crippen LogP contribution in [-0.2, 0) is 4.79 Å². The minimum atomic E-state index is -0.0734. The van der Waals surface area contributed by atoms with Crippen LogP contribution in [0.2, 0.25) is 0 Å². The summed E-state index contributed by atoms with van der Waals surface area (Å²) in [6.07, 6.45) is 9.41. The van der Waals surface area contributed by atoms with Crippen molar-refractivity contribution >= 4 is 23.2 Å². The van der Waals surface area contributed by atoms with E-state index in [1.165, 1.54) is 6.20 Å². The maximum Gasteiger partial charge on any atom is 0.270 e. The summed E-state index contributed by atoms with van der Waals surface area (Å²) in [5.41, 5.74) is 8.28. The van der Waals surface area contributed by atoms with E-state index in [4.69, 9.17) is 16.0 Å². The van der Waals surface area contributed by atoms with Crippen molar-refractivity contribution in [3.8, 4) is 6.07 Å². The molecule has 0 aromatic carbocycles. The molecule has 0 radical (unpaired) electrons. The lowest BCUT2D eigenvalue weighted by Gasteiger charge is -2.34. The molecule has 190 valence electrons. The van der Waals surface area contributed by atoms with Gasteiger partial charge in [-0.05, 0) is 31.1 Å². The number of anilines is 2. The van der Waals surface area contributed by atoms with Crippen LogP contribution in [0.5, 0.6) is 0 Å². The molecule has 3 heterocycles. The van der Waals surface area contributed by atoms with Gasteiger partial charge in [0, 0.05) is 58.1 Å². The van der Waals surface area contributed by atoms with Gasteiger partial charge in [-0.1, -0.05) is 19.4 Å². The van der Waals surface area contributed by atoms with E-state index in [2.05, 4.69) is 32.7 Å². The SMILES string of the molecule is C=C(/N=C1\C(=C/N)C=C(C(=O)N(C)C)N1C1CCCC1)Nc1ccc(N2CCN(CC#N)CC2)cn1. The zero-order chi connectivity index (χ0) is 25.7. The second-order valence-corrected chi connectivity index (χ2v) is 9.49. The van der Waals surface area contributed by atoms with Gasteiger partial charge in [0.2, 0.25) is 0 Å². The first-order chi connectivity index (χ1) is 17.4. The predicted molar refractivity (Wildman–Crippen MR) is 142 cm³/mol. The van der Waals surface area contributed by atoms with Crippen molar-refractivity contribution in [3.63, 3.8) is 0 Å². The van der Waals surface area contributed by atoms with Crippen molar-refractivity contribution in [3.05, 3.63) is 54.3 Å². The van der Waals surface area contributed by atoms with E-state index >= 15 is 0 Å². The largest absolute Gasteiger partial charge is 0.404 e. The molecule has 2 aliphatic heterocycles. The maximum atomic E-state index is 12.9. The van der Waals surface area contributed by atoms with Crippen LogP contribution in [0.15, 0.2) is 59.3 Å². The average Bonchev–Trinajstić information content (AvgIpc) is 3.52. The van der Waals surface area contributed by atoms with E-state index in [1.54, 1.807) is 19.0 Å². The lowest BCUT2D eigenvalue weighted by Crippen LogP contribution is -2.46. The minimum Gasteiger partial charge on any atom is -0.404 e. The summed E-state index contributed by atoms with van der Waals surface area (Å²) in [6.45, 7) is 8.02. The Kier molecular flexibility index (Phi) is 7.90. The van der Waals surface area contributed by atoms with Crippen LogP contribution in [0.4, 0.5) is 11.5 Å². The van der Waals surface area contributed by atoms with E-state index < -0.39 is 0 Å². The molecule has 3 aliphatic rings. The molecule has 36 heavy (non-hydrogen) atoms. The average molecular weight is 490 g/mol. The molecular weight excluding hydrogens is 454 g/mol. The van der Waals surface area contributed by atoms with Crippen LogP contribution < -0.4 is 16.0 Å². The molecule has 4 rings (SSSR count). The summed E-state index contributed by atoms with van der Waals surface area (Å²) in [5, 5.41) is 12.1. The van der Waals surface area contributed by atoms with E-state index in [-0.39, 0.29) is 11.9 Å². The molecule has 2 fully saturated rings. The number of hydrogen-bond acceptors (Lipinski definition) is 8. The molecule has 1 aromatic heterocycles. The summed E-state index contributed by atoms with van der Waals surface area (Å²) >= 11 is 0. The van der Waals surface area contributed by atoms with E-state index in [0.717, 1.165) is 57.5 Å². The number of rotatable bonds is 7. The van der Waals surface area contributed by atoms with Crippen LogP contribution in [-0.4, -0.2) is 84.3 Å². The summed E-state index contributed by atoms with van der Waals surface area (Å²) in [4.78, 5) is 30.3. The topological polar surface area (TPSA) is 117 Å². The van der Waals surface area contributed by atoms with Crippen LogP contribution in [0.3, 0.4) is 0 Å². The Morgan fingerprint density at radius 2 is 2.03 bits per heavy atom. The fourth-order valence-electron chi connectivity index (χ4n) is 4.92. The highest BCUT2D eigenvalue weighted by atomic mass is 16.2. The van der Waals surface area contributed by atoms with Crippen molar-refractivity contribution in [1.82, 2.24) is 19.7 Å². The molecule has 3 N–H and O–H groups in total. The number of likely N-dealkylation sites (N-methyl/N-ethyl adjacent to an activating group) is 1. The van der Waals surface area contributed by atoms with Crippen molar-refractivity contribution in [1.29, 1.82) is 5.26 Å². The number of amidine groups is 1. The van der Waals surface area contributed by atoms with Crippen molar-refractivity contribution in [2.75, 3.05) is 57.0 Å². The quantitative estimate of drug-likeness (QED) is 0.559. The zero-order valence-electron chi connectivity index (χ0n) is 21.2. The molecule has 0 atom stereocenters. The van der Waals surface area contributed by atoms with Gasteiger partial charge in [-0.15, -0.1) is 0 Å². The second kappa shape index (κ2) is 11.3. The van der Waals surface area contributed by atoms with Gasteiger partial charge in [0.15, 0.2) is 0 Å². The Morgan fingerprint density at radius 3 is 2.61 bits per heavy atom. The molecule has 10 nitrogen and oxygen atoms in total. The molecule has 1 saturated carbocycles. The van der Waals surface area contributed by atoms with E-state index in [0.29, 0.717) is 35.3 Å². The number of piperazine rings is 1. The van der Waals surface area contributed by atoms with Gasteiger partial charge in [0.1, 0.15) is 23.2 Å². The van der Waals surface area contributed by atoms with E-state index in [9.17, 15) is 4.79 Å². The number of amides is 1. The first kappa shape index (κ1) is 25.3. The summed E-state index contributed by atoms with van der Waals surface area (Å²) in [5.74, 6) is 1.62. The molecule has 0 unspecified atom stereocenters. The highest BCUT2D eigenvalue weighted by Crippen LogP contribution is 2.34. The summed E-state index contributed by atoms with van der Waals surface area (Å²) < 4.78 is 0. The lowest BCUT2D eigenvalue weighted by molar-refractivity contribution is -0.126. The third-order valence-corrected chi connectivity index (χ3v) is 6.83. The number of carbonyl (C=O) groups excluding carboxylic acids is 1. The van der Waals surface area contributed by atoms with Gasteiger partial charge in [-0.2, -0.15) is 5.26 Å². The van der Waals surface area contributed by atoms with Gasteiger partial charge in [-0.25, -0.2) is 9.98 Å². The van der Waals surface area contributed by atoms with Crippen LogP contribution in [0, 0.1) is 11.3 Å². The fraction of sp³-hybridized carbons (Fsp3) is 0.462. The van der Waals surface area contributed by atoms with Crippen LogP contribution in [0.1, 0.15) is 25.7 Å².